The first-order chi connectivity index (χ1) is 8.71. The van der Waals surface area contributed by atoms with E-state index < -0.39 is 23.5 Å². The largest absolute Gasteiger partial charge is 0.480 e. The Labute approximate surface area is 112 Å². The maximum atomic E-state index is 11.7. The maximum absolute atomic E-state index is 11.7. The fourth-order valence-corrected chi connectivity index (χ4v) is 1.56. The van der Waals surface area contributed by atoms with Crippen LogP contribution < -0.4 is 10.6 Å². The summed E-state index contributed by atoms with van der Waals surface area (Å²) in [6, 6.07) is -1.47. The monoisotopic (exact) mass is 268 g/mol. The van der Waals surface area contributed by atoms with Crippen LogP contribution in [-0.4, -0.2) is 32.7 Å². The third-order valence-electron chi connectivity index (χ3n) is 2.72. The van der Waals surface area contributed by atoms with E-state index in [9.17, 15) is 9.59 Å². The molecule has 0 fully saturated rings. The quantitative estimate of drug-likeness (QED) is 0.749. The molecule has 1 aromatic heterocycles. The van der Waals surface area contributed by atoms with Crippen molar-refractivity contribution in [2.75, 3.05) is 0 Å². The normalized spacial score (nSPS) is 12.8. The number of carbonyl (C=O) groups excluding carboxylic acids is 1. The van der Waals surface area contributed by atoms with Gasteiger partial charge < -0.3 is 20.3 Å². The molecular formula is C12H20N4O3. The molecule has 0 saturated heterocycles. The smallest absolute Gasteiger partial charge is 0.326 e. The number of hydrogen-bond donors (Lipinski definition) is 3. The molecule has 3 N–H and O–H groups in total. The number of aromatic nitrogens is 2. The standard InChI is InChI=1S/C12H20N4O3/c1-12(2,3)9(10(17)18)15-11(19)14-7-8-13-5-6-16(8)4/h5-6,9H,7H2,1-4H3,(H,17,18)(H2,14,15,19)/t9-/m0/s1. The Morgan fingerprint density at radius 2 is 2.11 bits per heavy atom. The number of aliphatic carboxylic acids is 1. The van der Waals surface area contributed by atoms with Gasteiger partial charge in [-0.05, 0) is 5.41 Å². The van der Waals surface area contributed by atoms with Gasteiger partial charge in [-0.1, -0.05) is 20.8 Å². The van der Waals surface area contributed by atoms with Crippen LogP contribution in [0, 0.1) is 5.41 Å². The van der Waals surface area contributed by atoms with Crippen molar-refractivity contribution in [3.05, 3.63) is 18.2 Å². The van der Waals surface area contributed by atoms with E-state index in [2.05, 4.69) is 15.6 Å². The van der Waals surface area contributed by atoms with E-state index in [0.717, 1.165) is 0 Å². The zero-order valence-corrected chi connectivity index (χ0v) is 11.6. The molecule has 7 nitrogen and oxygen atoms in total. The summed E-state index contributed by atoms with van der Waals surface area (Å²) in [5, 5.41) is 14.1. The minimum atomic E-state index is -1.06. The number of carbonyl (C=O) groups is 2. The molecule has 0 aliphatic carbocycles. The lowest BCUT2D eigenvalue weighted by Gasteiger charge is -2.27. The predicted molar refractivity (Wildman–Crippen MR) is 69.5 cm³/mol. The van der Waals surface area contributed by atoms with Crippen LogP contribution >= 0.6 is 0 Å². The molecular weight excluding hydrogens is 248 g/mol. The molecule has 7 heteroatoms. The molecule has 0 saturated carbocycles. The molecule has 1 atom stereocenters. The van der Waals surface area contributed by atoms with Gasteiger partial charge >= 0.3 is 12.0 Å². The zero-order chi connectivity index (χ0) is 14.6. The van der Waals surface area contributed by atoms with Gasteiger partial charge in [0.15, 0.2) is 0 Å². The van der Waals surface area contributed by atoms with Gasteiger partial charge in [-0.3, -0.25) is 0 Å². The van der Waals surface area contributed by atoms with Gasteiger partial charge in [0.2, 0.25) is 0 Å². The lowest BCUT2D eigenvalue weighted by molar-refractivity contribution is -0.141. The first-order valence-corrected chi connectivity index (χ1v) is 5.95. The number of rotatable bonds is 4. The number of imidazole rings is 1. The number of aryl methyl sites for hydroxylation is 1. The molecule has 106 valence electrons. The van der Waals surface area contributed by atoms with Crippen molar-refractivity contribution in [2.24, 2.45) is 12.5 Å². The number of carboxylic acid groups (broad SMARTS) is 1. The molecule has 1 aromatic rings. The number of nitrogens with zero attached hydrogens (tertiary/aromatic N) is 2. The van der Waals surface area contributed by atoms with Crippen molar-refractivity contribution in [3.8, 4) is 0 Å². The molecule has 0 aromatic carbocycles. The summed E-state index contributed by atoms with van der Waals surface area (Å²) >= 11 is 0. The second-order valence-corrected chi connectivity index (χ2v) is 5.42. The third kappa shape index (κ3) is 4.27. The SMILES string of the molecule is Cn1ccnc1CNC(=O)N[C@@H](C(=O)O)C(C)(C)C. The maximum Gasteiger partial charge on any atom is 0.326 e. The Balaban J connectivity index is 2.55. The molecule has 1 rings (SSSR count). The van der Waals surface area contributed by atoms with Gasteiger partial charge in [-0.25, -0.2) is 14.6 Å². The van der Waals surface area contributed by atoms with Crippen LogP contribution in [0.3, 0.4) is 0 Å². The first kappa shape index (κ1) is 15.0. The molecule has 0 aliphatic heterocycles. The highest BCUT2D eigenvalue weighted by molar-refractivity contribution is 5.83. The number of urea groups is 1. The van der Waals surface area contributed by atoms with Gasteiger partial charge in [0.05, 0.1) is 6.54 Å². The van der Waals surface area contributed by atoms with Crippen molar-refractivity contribution in [3.63, 3.8) is 0 Å². The molecule has 0 bridgehead atoms. The van der Waals surface area contributed by atoms with E-state index in [1.165, 1.54) is 0 Å². The second-order valence-electron chi connectivity index (χ2n) is 5.42. The minimum absolute atomic E-state index is 0.242. The van der Waals surface area contributed by atoms with Crippen LogP contribution in [0.4, 0.5) is 4.79 Å². The Morgan fingerprint density at radius 3 is 2.53 bits per heavy atom. The molecule has 0 unspecified atom stereocenters. The molecule has 19 heavy (non-hydrogen) atoms. The van der Waals surface area contributed by atoms with Crippen molar-refractivity contribution >= 4 is 12.0 Å². The summed E-state index contributed by atoms with van der Waals surface area (Å²) in [4.78, 5) is 26.9. The summed E-state index contributed by atoms with van der Waals surface area (Å²) in [6.07, 6.45) is 3.40. The number of amides is 2. The van der Waals surface area contributed by atoms with Crippen LogP contribution in [0.1, 0.15) is 26.6 Å². The summed E-state index contributed by atoms with van der Waals surface area (Å²) in [5.41, 5.74) is -0.563. The first-order valence-electron chi connectivity index (χ1n) is 5.95. The Bertz CT molecular complexity index is 462. The highest BCUT2D eigenvalue weighted by atomic mass is 16.4. The lowest BCUT2D eigenvalue weighted by atomic mass is 9.87. The van der Waals surface area contributed by atoms with Crippen LogP contribution in [0.15, 0.2) is 12.4 Å². The van der Waals surface area contributed by atoms with E-state index >= 15 is 0 Å². The topological polar surface area (TPSA) is 96.3 Å². The van der Waals surface area contributed by atoms with E-state index in [1.54, 1.807) is 37.7 Å². The van der Waals surface area contributed by atoms with Crippen molar-refractivity contribution in [1.29, 1.82) is 0 Å². The lowest BCUT2D eigenvalue weighted by Crippen LogP contribution is -2.52. The number of carboxylic acids is 1. The van der Waals surface area contributed by atoms with Crippen LogP contribution in [0.2, 0.25) is 0 Å². The number of nitrogens with one attached hydrogen (secondary N) is 2. The highest BCUT2D eigenvalue weighted by Gasteiger charge is 2.32. The summed E-state index contributed by atoms with van der Waals surface area (Å²) < 4.78 is 1.78. The Kier molecular flexibility index (Phi) is 4.52. The van der Waals surface area contributed by atoms with E-state index in [4.69, 9.17) is 5.11 Å². The van der Waals surface area contributed by atoms with E-state index in [-0.39, 0.29) is 6.54 Å². The summed E-state index contributed by atoms with van der Waals surface area (Å²) in [6.45, 7) is 5.51. The second kappa shape index (κ2) is 5.73. The van der Waals surface area contributed by atoms with Crippen molar-refractivity contribution in [2.45, 2.75) is 33.4 Å². The fraction of sp³-hybridized carbons (Fsp3) is 0.583. The highest BCUT2D eigenvalue weighted by Crippen LogP contribution is 2.19. The zero-order valence-electron chi connectivity index (χ0n) is 11.6. The van der Waals surface area contributed by atoms with Gasteiger partial charge in [-0.2, -0.15) is 0 Å². The Morgan fingerprint density at radius 1 is 1.47 bits per heavy atom. The average molecular weight is 268 g/mol. The van der Waals surface area contributed by atoms with Crippen LogP contribution in [-0.2, 0) is 18.4 Å². The van der Waals surface area contributed by atoms with Gasteiger partial charge in [0, 0.05) is 19.4 Å². The van der Waals surface area contributed by atoms with E-state index in [1.807, 2.05) is 7.05 Å². The van der Waals surface area contributed by atoms with E-state index in [0.29, 0.717) is 5.82 Å². The molecule has 0 spiro atoms. The summed E-state index contributed by atoms with van der Waals surface area (Å²) in [7, 11) is 1.82. The molecule has 2 amide bonds. The summed E-state index contributed by atoms with van der Waals surface area (Å²) in [5.74, 6) is -0.363. The third-order valence-corrected chi connectivity index (χ3v) is 2.72. The molecule has 1 heterocycles. The Hall–Kier alpha value is -2.05. The van der Waals surface area contributed by atoms with Crippen LogP contribution in [0.5, 0.6) is 0 Å². The average Bonchev–Trinajstić information content (AvgIpc) is 2.67. The minimum Gasteiger partial charge on any atom is -0.480 e. The fourth-order valence-electron chi connectivity index (χ4n) is 1.56. The van der Waals surface area contributed by atoms with Crippen LogP contribution in [0.25, 0.3) is 0 Å². The predicted octanol–water partition coefficient (Wildman–Crippen LogP) is 0.719. The van der Waals surface area contributed by atoms with Crippen molar-refractivity contribution < 1.29 is 14.7 Å². The van der Waals surface area contributed by atoms with Crippen molar-refractivity contribution in [1.82, 2.24) is 20.2 Å². The van der Waals surface area contributed by atoms with Gasteiger partial charge in [-0.15, -0.1) is 0 Å². The number of hydrogen-bond acceptors (Lipinski definition) is 3. The van der Waals surface area contributed by atoms with Gasteiger partial charge in [0.25, 0.3) is 0 Å². The van der Waals surface area contributed by atoms with Gasteiger partial charge in [0.1, 0.15) is 11.9 Å². The molecule has 0 radical (unpaired) electrons. The molecule has 0 aliphatic rings.